The molecule has 1 atom stereocenters. The maximum Gasteiger partial charge on any atom is 0.239 e. The molecule has 5 rings (SSSR count). The Morgan fingerprint density at radius 1 is 1.14 bits per heavy atom. The number of aryl methyl sites for hydroxylation is 1. The number of carbonyl (C=O) groups excluding carboxylic acids is 1. The zero-order valence-electron chi connectivity index (χ0n) is 15.9. The molecule has 6 heteroatoms. The SMILES string of the molecule is CC1(C)C(=O)N(C2CCc3ccccc32)c2nc(Nc3cccnc3)ncc21. The van der Waals surface area contributed by atoms with Gasteiger partial charge in [-0.3, -0.25) is 14.7 Å². The number of hydrogen-bond donors (Lipinski definition) is 1. The van der Waals surface area contributed by atoms with Crippen LogP contribution in [0.2, 0.25) is 0 Å². The number of benzene rings is 1. The number of nitrogens with one attached hydrogen (secondary N) is 1. The Balaban J connectivity index is 1.58. The van der Waals surface area contributed by atoms with Crippen molar-refractivity contribution in [3.05, 3.63) is 71.7 Å². The Morgan fingerprint density at radius 2 is 2.00 bits per heavy atom. The molecule has 0 spiro atoms. The average Bonchev–Trinajstić information content (AvgIpc) is 3.20. The van der Waals surface area contributed by atoms with E-state index in [-0.39, 0.29) is 11.9 Å². The summed E-state index contributed by atoms with van der Waals surface area (Å²) in [5.74, 6) is 1.25. The van der Waals surface area contributed by atoms with E-state index in [0.717, 1.165) is 24.1 Å². The topological polar surface area (TPSA) is 71.0 Å². The van der Waals surface area contributed by atoms with Crippen LogP contribution in [0.15, 0.2) is 55.0 Å². The maximum absolute atomic E-state index is 13.4. The first-order chi connectivity index (χ1) is 13.6. The zero-order valence-corrected chi connectivity index (χ0v) is 15.9. The summed E-state index contributed by atoms with van der Waals surface area (Å²) in [6.45, 7) is 3.90. The molecule has 1 aliphatic carbocycles. The Morgan fingerprint density at radius 3 is 2.82 bits per heavy atom. The van der Waals surface area contributed by atoms with Gasteiger partial charge in [0.2, 0.25) is 11.9 Å². The summed E-state index contributed by atoms with van der Waals surface area (Å²) in [5.41, 5.74) is 3.58. The predicted octanol–water partition coefficient (Wildman–Crippen LogP) is 3.93. The van der Waals surface area contributed by atoms with Crippen LogP contribution >= 0.6 is 0 Å². The summed E-state index contributed by atoms with van der Waals surface area (Å²) >= 11 is 0. The van der Waals surface area contributed by atoms with E-state index in [1.54, 1.807) is 18.6 Å². The molecule has 28 heavy (non-hydrogen) atoms. The summed E-state index contributed by atoms with van der Waals surface area (Å²) in [5, 5.41) is 3.18. The Kier molecular flexibility index (Phi) is 3.69. The quantitative estimate of drug-likeness (QED) is 0.755. The fourth-order valence-electron chi connectivity index (χ4n) is 4.23. The molecule has 140 valence electrons. The molecular weight excluding hydrogens is 350 g/mol. The van der Waals surface area contributed by atoms with E-state index in [1.807, 2.05) is 36.9 Å². The molecule has 0 saturated carbocycles. The number of pyridine rings is 1. The van der Waals surface area contributed by atoms with Crippen molar-refractivity contribution in [2.24, 2.45) is 0 Å². The van der Waals surface area contributed by atoms with Gasteiger partial charge in [-0.1, -0.05) is 24.3 Å². The molecule has 3 heterocycles. The highest BCUT2D eigenvalue weighted by atomic mass is 16.2. The highest BCUT2D eigenvalue weighted by Gasteiger charge is 2.49. The van der Waals surface area contributed by atoms with Crippen LogP contribution in [0.1, 0.15) is 43.0 Å². The lowest BCUT2D eigenvalue weighted by atomic mass is 9.88. The van der Waals surface area contributed by atoms with Crippen LogP contribution in [0.5, 0.6) is 0 Å². The average molecular weight is 371 g/mol. The Hall–Kier alpha value is -3.28. The molecule has 1 aromatic carbocycles. The van der Waals surface area contributed by atoms with Crippen LogP contribution in [0, 0.1) is 0 Å². The Labute approximate surface area is 163 Å². The minimum Gasteiger partial charge on any atom is -0.323 e. The van der Waals surface area contributed by atoms with Gasteiger partial charge < -0.3 is 5.32 Å². The van der Waals surface area contributed by atoms with Gasteiger partial charge in [-0.25, -0.2) is 4.98 Å². The van der Waals surface area contributed by atoms with Gasteiger partial charge in [0.15, 0.2) is 0 Å². The maximum atomic E-state index is 13.4. The number of aromatic nitrogens is 3. The van der Waals surface area contributed by atoms with Gasteiger partial charge in [0.05, 0.1) is 23.3 Å². The van der Waals surface area contributed by atoms with Gasteiger partial charge in [0.25, 0.3) is 0 Å². The first kappa shape index (κ1) is 16.9. The van der Waals surface area contributed by atoms with E-state index in [2.05, 4.69) is 33.5 Å². The van der Waals surface area contributed by atoms with E-state index in [0.29, 0.717) is 11.8 Å². The first-order valence-corrected chi connectivity index (χ1v) is 9.52. The largest absolute Gasteiger partial charge is 0.323 e. The number of amides is 1. The van der Waals surface area contributed by atoms with E-state index in [9.17, 15) is 4.79 Å². The van der Waals surface area contributed by atoms with Gasteiger partial charge in [0, 0.05) is 18.0 Å². The predicted molar refractivity (Wildman–Crippen MR) is 108 cm³/mol. The summed E-state index contributed by atoms with van der Waals surface area (Å²) in [6.07, 6.45) is 7.11. The van der Waals surface area contributed by atoms with Crippen molar-refractivity contribution in [1.82, 2.24) is 15.0 Å². The number of carbonyl (C=O) groups is 1. The smallest absolute Gasteiger partial charge is 0.239 e. The zero-order chi connectivity index (χ0) is 19.3. The molecule has 3 aromatic rings. The van der Waals surface area contributed by atoms with Crippen molar-refractivity contribution in [1.29, 1.82) is 0 Å². The van der Waals surface area contributed by atoms with E-state index in [4.69, 9.17) is 4.98 Å². The summed E-state index contributed by atoms with van der Waals surface area (Å²) < 4.78 is 0. The molecular formula is C22H21N5O. The van der Waals surface area contributed by atoms with Crippen LogP contribution in [0.4, 0.5) is 17.5 Å². The number of hydrogen-bond acceptors (Lipinski definition) is 5. The van der Waals surface area contributed by atoms with Crippen LogP contribution in [-0.4, -0.2) is 20.9 Å². The molecule has 2 aliphatic rings. The molecule has 2 aromatic heterocycles. The van der Waals surface area contributed by atoms with Crippen molar-refractivity contribution < 1.29 is 4.79 Å². The van der Waals surface area contributed by atoms with Crippen molar-refractivity contribution in [2.75, 3.05) is 10.2 Å². The second-order valence-electron chi connectivity index (χ2n) is 7.85. The minimum absolute atomic E-state index is 0.0189. The fourth-order valence-corrected chi connectivity index (χ4v) is 4.23. The van der Waals surface area contributed by atoms with Gasteiger partial charge in [0.1, 0.15) is 5.82 Å². The minimum atomic E-state index is -0.639. The molecule has 1 unspecified atom stereocenters. The van der Waals surface area contributed by atoms with Gasteiger partial charge >= 0.3 is 0 Å². The normalized spacial score (nSPS) is 19.4. The van der Waals surface area contributed by atoms with Crippen LogP contribution in [0.3, 0.4) is 0 Å². The van der Waals surface area contributed by atoms with E-state index >= 15 is 0 Å². The monoisotopic (exact) mass is 371 g/mol. The lowest BCUT2D eigenvalue weighted by Crippen LogP contribution is -2.38. The number of anilines is 3. The third kappa shape index (κ3) is 2.48. The molecule has 1 aliphatic heterocycles. The Bertz CT molecular complexity index is 1060. The molecule has 1 N–H and O–H groups in total. The summed E-state index contributed by atoms with van der Waals surface area (Å²) in [7, 11) is 0. The molecule has 0 fully saturated rings. The third-order valence-corrected chi connectivity index (χ3v) is 5.75. The molecule has 0 saturated heterocycles. The van der Waals surface area contributed by atoms with Crippen molar-refractivity contribution in [3.63, 3.8) is 0 Å². The second-order valence-corrected chi connectivity index (χ2v) is 7.85. The van der Waals surface area contributed by atoms with Gasteiger partial charge in [-0.15, -0.1) is 0 Å². The van der Waals surface area contributed by atoms with Crippen molar-refractivity contribution in [3.8, 4) is 0 Å². The van der Waals surface area contributed by atoms with Gasteiger partial charge in [-0.2, -0.15) is 4.98 Å². The second kappa shape index (κ2) is 6.12. The van der Waals surface area contributed by atoms with Crippen LogP contribution < -0.4 is 10.2 Å². The van der Waals surface area contributed by atoms with Crippen molar-refractivity contribution in [2.45, 2.75) is 38.1 Å². The highest BCUT2D eigenvalue weighted by Crippen LogP contribution is 2.47. The third-order valence-electron chi connectivity index (χ3n) is 5.75. The molecule has 1 amide bonds. The molecule has 6 nitrogen and oxygen atoms in total. The molecule has 0 radical (unpaired) electrons. The standard InChI is InChI=1S/C22H21N5O/c1-22(2)17-13-24-21(25-15-7-5-11-23-12-15)26-19(17)27(20(22)28)18-10-9-14-6-3-4-8-16(14)18/h3-8,11-13,18H,9-10H2,1-2H3,(H,24,25,26). The summed E-state index contributed by atoms with van der Waals surface area (Å²) in [4.78, 5) is 28.6. The summed E-state index contributed by atoms with van der Waals surface area (Å²) in [6, 6.07) is 12.2. The first-order valence-electron chi connectivity index (χ1n) is 9.52. The van der Waals surface area contributed by atoms with E-state index < -0.39 is 5.41 Å². The van der Waals surface area contributed by atoms with E-state index in [1.165, 1.54) is 11.1 Å². The van der Waals surface area contributed by atoms with Crippen LogP contribution in [0.25, 0.3) is 0 Å². The number of nitrogens with zero attached hydrogens (tertiary/aromatic N) is 4. The molecule has 0 bridgehead atoms. The number of rotatable bonds is 3. The highest BCUT2D eigenvalue weighted by molar-refractivity contribution is 6.07. The number of fused-ring (bicyclic) bond motifs is 2. The van der Waals surface area contributed by atoms with Crippen LogP contribution in [-0.2, 0) is 16.6 Å². The fraction of sp³-hybridized carbons (Fsp3) is 0.273. The lowest BCUT2D eigenvalue weighted by Gasteiger charge is -2.26. The van der Waals surface area contributed by atoms with Crippen molar-refractivity contribution >= 4 is 23.4 Å². The van der Waals surface area contributed by atoms with Gasteiger partial charge in [-0.05, 0) is 49.9 Å². The lowest BCUT2D eigenvalue weighted by molar-refractivity contribution is -0.122.